The zero-order chi connectivity index (χ0) is 24.9. The third-order valence-corrected chi connectivity index (χ3v) is 6.72. The second-order valence-corrected chi connectivity index (χ2v) is 9.64. The topological polar surface area (TPSA) is 96.6 Å². The highest BCUT2D eigenvalue weighted by Gasteiger charge is 2.35. The maximum absolute atomic E-state index is 12.6. The average Bonchev–Trinajstić information content (AvgIpc) is 3.25. The third-order valence-electron chi connectivity index (χ3n) is 4.85. The molecule has 0 saturated carbocycles. The Morgan fingerprint density at radius 2 is 1.89 bits per heavy atom. The number of ether oxygens (including phenoxy) is 3. The number of thioether (sulfide) groups is 1. The Hall–Kier alpha value is -2.82. The predicted octanol–water partition coefficient (Wildman–Crippen LogP) is 5.99. The molecule has 11 heteroatoms. The van der Waals surface area contributed by atoms with E-state index in [9.17, 15) is 4.79 Å². The van der Waals surface area contributed by atoms with Crippen molar-refractivity contribution in [2.75, 3.05) is 19.8 Å². The molecule has 8 nitrogen and oxygen atoms in total. The SMILES string of the molecule is CCOc1cc(C=C2C(=N)N3N=C(CC)SC3=NC2=O)cc(Cl)c1OCCOc1ccc(Br)cc1. The first-order chi connectivity index (χ1) is 16.9. The molecule has 0 fully saturated rings. The molecule has 0 aromatic heterocycles. The molecule has 2 aromatic carbocycles. The van der Waals surface area contributed by atoms with Crippen LogP contribution in [-0.4, -0.2) is 46.8 Å². The van der Waals surface area contributed by atoms with E-state index >= 15 is 0 Å². The van der Waals surface area contributed by atoms with E-state index in [1.54, 1.807) is 18.2 Å². The fourth-order valence-electron chi connectivity index (χ4n) is 3.25. The van der Waals surface area contributed by atoms with Crippen LogP contribution in [0, 0.1) is 5.41 Å². The van der Waals surface area contributed by atoms with Crippen LogP contribution in [0.5, 0.6) is 17.2 Å². The summed E-state index contributed by atoms with van der Waals surface area (Å²) in [6.07, 6.45) is 2.26. The fraction of sp³-hybridized carbons (Fsp3) is 0.250. The molecular weight excluding hydrogens is 556 g/mol. The number of amides is 1. The van der Waals surface area contributed by atoms with Crippen LogP contribution >= 0.6 is 39.3 Å². The van der Waals surface area contributed by atoms with Crippen LogP contribution in [0.25, 0.3) is 6.08 Å². The molecule has 0 radical (unpaired) electrons. The van der Waals surface area contributed by atoms with Crippen molar-refractivity contribution in [2.45, 2.75) is 20.3 Å². The average molecular weight is 578 g/mol. The summed E-state index contributed by atoms with van der Waals surface area (Å²) in [5, 5.41) is 15.7. The van der Waals surface area contributed by atoms with Crippen LogP contribution < -0.4 is 14.2 Å². The number of aliphatic imine (C=N–C) groups is 1. The number of rotatable bonds is 9. The first-order valence-corrected chi connectivity index (χ1v) is 12.8. The van der Waals surface area contributed by atoms with Gasteiger partial charge in [-0.05, 0) is 73.1 Å². The Kier molecular flexibility index (Phi) is 8.15. The largest absolute Gasteiger partial charge is 0.490 e. The maximum Gasteiger partial charge on any atom is 0.283 e. The minimum Gasteiger partial charge on any atom is -0.490 e. The summed E-state index contributed by atoms with van der Waals surface area (Å²) >= 11 is 11.2. The van der Waals surface area contributed by atoms with Crippen molar-refractivity contribution in [1.82, 2.24) is 5.01 Å². The van der Waals surface area contributed by atoms with Crippen molar-refractivity contribution in [2.24, 2.45) is 10.1 Å². The lowest BCUT2D eigenvalue weighted by molar-refractivity contribution is -0.114. The second kappa shape index (κ2) is 11.3. The smallest absolute Gasteiger partial charge is 0.283 e. The summed E-state index contributed by atoms with van der Waals surface area (Å²) in [6, 6.07) is 10.9. The van der Waals surface area contributed by atoms with Crippen LogP contribution in [0.4, 0.5) is 0 Å². The number of carbonyl (C=O) groups is 1. The number of carbonyl (C=O) groups excluding carboxylic acids is 1. The summed E-state index contributed by atoms with van der Waals surface area (Å²) in [7, 11) is 0. The Balaban J connectivity index is 1.51. The number of nitrogens with zero attached hydrogens (tertiary/aromatic N) is 3. The Bertz CT molecular complexity index is 1250. The first kappa shape index (κ1) is 25.3. The summed E-state index contributed by atoms with van der Waals surface area (Å²) in [6.45, 7) is 4.77. The molecule has 0 aliphatic carbocycles. The number of hydrazone groups is 1. The number of fused-ring (bicyclic) bond motifs is 1. The summed E-state index contributed by atoms with van der Waals surface area (Å²) < 4.78 is 18.3. The number of halogens is 2. The lowest BCUT2D eigenvalue weighted by Crippen LogP contribution is -2.35. The zero-order valence-corrected chi connectivity index (χ0v) is 22.2. The van der Waals surface area contributed by atoms with Gasteiger partial charge in [0, 0.05) is 4.47 Å². The molecule has 0 unspecified atom stereocenters. The number of nitrogens with one attached hydrogen (secondary N) is 1. The van der Waals surface area contributed by atoms with Crippen LogP contribution in [0.2, 0.25) is 5.02 Å². The normalized spacial score (nSPS) is 16.2. The van der Waals surface area contributed by atoms with E-state index in [2.05, 4.69) is 26.0 Å². The number of hydrogen-bond donors (Lipinski definition) is 1. The van der Waals surface area contributed by atoms with Crippen LogP contribution in [0.15, 0.2) is 56.5 Å². The predicted molar refractivity (Wildman–Crippen MR) is 143 cm³/mol. The zero-order valence-electron chi connectivity index (χ0n) is 19.0. The molecule has 1 N–H and O–H groups in total. The Morgan fingerprint density at radius 3 is 2.60 bits per heavy atom. The first-order valence-electron chi connectivity index (χ1n) is 10.9. The molecule has 2 heterocycles. The van der Waals surface area contributed by atoms with Crippen molar-refractivity contribution in [1.29, 1.82) is 5.41 Å². The molecule has 0 atom stereocenters. The van der Waals surface area contributed by atoms with Crippen LogP contribution in [0.3, 0.4) is 0 Å². The van der Waals surface area contributed by atoms with E-state index < -0.39 is 5.91 Å². The fourth-order valence-corrected chi connectivity index (χ4v) is 4.61. The molecule has 4 rings (SSSR count). The maximum atomic E-state index is 12.6. The van der Waals surface area contributed by atoms with Gasteiger partial charge in [0.1, 0.15) is 24.0 Å². The standard InChI is InChI=1S/C24H22BrClN4O4S/c1-3-20-29-30-22(27)17(23(31)28-24(30)35-20)11-14-12-18(26)21(19(13-14)32-4-2)34-10-9-33-16-7-5-15(25)6-8-16/h5-8,11-13,27H,3-4,9-10H2,1-2H3. The van der Waals surface area contributed by atoms with Crippen molar-refractivity contribution in [3.8, 4) is 17.2 Å². The molecular formula is C24H22BrClN4O4S. The Morgan fingerprint density at radius 1 is 1.14 bits per heavy atom. The van der Waals surface area contributed by atoms with Gasteiger partial charge in [-0.2, -0.15) is 15.1 Å². The monoisotopic (exact) mass is 576 g/mol. The summed E-state index contributed by atoms with van der Waals surface area (Å²) in [4.78, 5) is 16.7. The van der Waals surface area contributed by atoms with Gasteiger partial charge in [-0.15, -0.1) is 0 Å². The van der Waals surface area contributed by atoms with Gasteiger partial charge < -0.3 is 14.2 Å². The van der Waals surface area contributed by atoms with E-state index in [1.165, 1.54) is 16.8 Å². The quantitative estimate of drug-likeness (QED) is 0.291. The van der Waals surface area contributed by atoms with Crippen LogP contribution in [0.1, 0.15) is 25.8 Å². The summed E-state index contributed by atoms with van der Waals surface area (Å²) in [5.74, 6) is 1.01. The molecule has 182 valence electrons. The van der Waals surface area contributed by atoms with Gasteiger partial charge in [0.25, 0.3) is 5.91 Å². The van der Waals surface area contributed by atoms with Crippen molar-refractivity contribution < 1.29 is 19.0 Å². The van der Waals surface area contributed by atoms with E-state index in [1.807, 2.05) is 38.1 Å². The van der Waals surface area contributed by atoms with E-state index in [0.717, 1.165) is 15.3 Å². The lowest BCUT2D eigenvalue weighted by Gasteiger charge is -2.20. The van der Waals surface area contributed by atoms with E-state index in [0.29, 0.717) is 46.9 Å². The minimum atomic E-state index is -0.499. The Labute approximate surface area is 220 Å². The van der Waals surface area contributed by atoms with Crippen molar-refractivity contribution >= 4 is 67.3 Å². The minimum absolute atomic E-state index is 0.0320. The second-order valence-electron chi connectivity index (χ2n) is 7.28. The number of hydrogen-bond acceptors (Lipinski definition) is 7. The molecule has 1 amide bonds. The third kappa shape index (κ3) is 5.88. The molecule has 0 spiro atoms. The summed E-state index contributed by atoms with van der Waals surface area (Å²) in [5.41, 5.74) is 0.695. The van der Waals surface area contributed by atoms with Crippen molar-refractivity contribution in [3.05, 3.63) is 57.0 Å². The van der Waals surface area contributed by atoms with Gasteiger partial charge in [0.05, 0.1) is 17.2 Å². The van der Waals surface area contributed by atoms with Gasteiger partial charge in [-0.1, -0.05) is 34.5 Å². The van der Waals surface area contributed by atoms with Gasteiger partial charge >= 0.3 is 0 Å². The molecule has 2 aromatic rings. The van der Waals surface area contributed by atoms with Gasteiger partial charge in [-0.3, -0.25) is 10.2 Å². The van der Waals surface area contributed by atoms with Gasteiger partial charge in [0.15, 0.2) is 17.3 Å². The molecule has 2 aliphatic rings. The van der Waals surface area contributed by atoms with E-state index in [-0.39, 0.29) is 18.0 Å². The molecule has 0 bridgehead atoms. The highest BCUT2D eigenvalue weighted by atomic mass is 79.9. The molecule has 35 heavy (non-hydrogen) atoms. The molecule has 0 saturated heterocycles. The van der Waals surface area contributed by atoms with Gasteiger partial charge in [-0.25, -0.2) is 0 Å². The van der Waals surface area contributed by atoms with Gasteiger partial charge in [0.2, 0.25) is 5.17 Å². The lowest BCUT2D eigenvalue weighted by atomic mass is 10.1. The van der Waals surface area contributed by atoms with Crippen molar-refractivity contribution in [3.63, 3.8) is 0 Å². The highest BCUT2D eigenvalue weighted by molar-refractivity contribution is 9.10. The molecule has 2 aliphatic heterocycles. The highest BCUT2D eigenvalue weighted by Crippen LogP contribution is 2.38. The number of benzene rings is 2. The van der Waals surface area contributed by atoms with E-state index in [4.69, 9.17) is 31.2 Å². The van der Waals surface area contributed by atoms with Crippen LogP contribution in [-0.2, 0) is 4.79 Å². The number of amidine groups is 2.